The molecule has 0 amide bonds. The van der Waals surface area contributed by atoms with E-state index in [9.17, 15) is 0 Å². The summed E-state index contributed by atoms with van der Waals surface area (Å²) in [5.41, 5.74) is 34.3. The third kappa shape index (κ3) is 10.1. The summed E-state index contributed by atoms with van der Waals surface area (Å²) in [7, 11) is 0. The average Bonchev–Trinajstić information content (AvgIpc) is 1.51. The fourth-order valence-corrected chi connectivity index (χ4v) is 22.0. The Morgan fingerprint density at radius 3 is 0.951 bits per heavy atom. The molecule has 1 heterocycles. The highest BCUT2D eigenvalue weighted by atomic mass is 15.1. The smallest absolute Gasteiger partial charge is 0.164 e. The van der Waals surface area contributed by atoms with Gasteiger partial charge in [-0.1, -0.05) is 370 Å². The van der Waals surface area contributed by atoms with E-state index in [0.717, 1.165) is 72.7 Å². The summed E-state index contributed by atoms with van der Waals surface area (Å²) >= 11 is 0. The third-order valence-corrected chi connectivity index (χ3v) is 27.3. The first-order valence-electron chi connectivity index (χ1n) is 42.6. The lowest BCUT2D eigenvalue weighted by atomic mass is 9.70. The highest BCUT2D eigenvalue weighted by molar-refractivity contribution is 6.28. The van der Waals surface area contributed by atoms with Crippen LogP contribution in [-0.4, -0.2) is 15.0 Å². The summed E-state index contributed by atoms with van der Waals surface area (Å²) < 4.78 is 0. The highest BCUT2D eigenvalue weighted by Gasteiger charge is 2.54. The maximum atomic E-state index is 5.45. The van der Waals surface area contributed by atoms with E-state index in [1.54, 1.807) is 0 Å². The Hall–Kier alpha value is -16.0. The van der Waals surface area contributed by atoms with Crippen LogP contribution in [0, 0.1) is 0 Å². The van der Waals surface area contributed by atoms with Crippen molar-refractivity contribution < 1.29 is 0 Å². The average molecular weight is 1560 g/mol. The molecule has 2 atom stereocenters. The number of rotatable bonds is 10. The summed E-state index contributed by atoms with van der Waals surface area (Å²) in [6.45, 7) is 0. The van der Waals surface area contributed by atoms with Crippen LogP contribution in [0.5, 0.6) is 0 Å². The van der Waals surface area contributed by atoms with Crippen LogP contribution in [0.4, 0.5) is 17.1 Å². The summed E-state index contributed by atoms with van der Waals surface area (Å²) in [5, 5.41) is 15.3. The molecule has 0 aliphatic heterocycles. The quantitative estimate of drug-likeness (QED) is 0.128. The van der Waals surface area contributed by atoms with Gasteiger partial charge < -0.3 is 4.90 Å². The molecule has 2 spiro atoms. The minimum atomic E-state index is -0.615. The van der Waals surface area contributed by atoms with E-state index in [4.69, 9.17) is 15.0 Å². The van der Waals surface area contributed by atoms with Crippen LogP contribution in [0.2, 0.25) is 0 Å². The SMILES string of the molecule is c1ccc(-c2cccc(N(c3ccc(-c4ccc(-c5cccc(-c6ccc(-c7nc(-c8ccccc8)nc(-c8ccc9c(c8)C8(c%10ccccc%10-9)c9ccccc9-c9cc%10c%11ccccc%11c%11ccccc%11c%10cc98)n7)cc6)c5)cc4)cc3)c3cccc4c3-c3ccccc3C43c4ccccc4-c4cc5c6ccccc6c6ccccc6c5cc43)c2)cc1. The topological polar surface area (TPSA) is 41.9 Å². The fourth-order valence-electron chi connectivity index (χ4n) is 22.0. The van der Waals surface area contributed by atoms with Gasteiger partial charge in [0, 0.05) is 33.6 Å². The molecule has 4 aliphatic rings. The molecule has 2 unspecified atom stereocenters. The molecule has 4 nitrogen and oxygen atoms in total. The van der Waals surface area contributed by atoms with Crippen molar-refractivity contribution in [1.29, 1.82) is 0 Å². The minimum Gasteiger partial charge on any atom is -0.310 e. The van der Waals surface area contributed by atoms with Crippen molar-refractivity contribution in [3.05, 3.63) is 481 Å². The molecule has 21 aromatic carbocycles. The molecule has 0 bridgehead atoms. The predicted octanol–water partition coefficient (Wildman–Crippen LogP) is 30.6. The molecule has 0 fully saturated rings. The number of aromatic nitrogens is 3. The number of fused-ring (bicyclic) bond motifs is 32. The van der Waals surface area contributed by atoms with Crippen LogP contribution in [0.15, 0.2) is 437 Å². The third-order valence-electron chi connectivity index (χ3n) is 27.3. The van der Waals surface area contributed by atoms with Crippen LogP contribution in [-0.2, 0) is 10.8 Å². The second kappa shape index (κ2) is 26.7. The molecule has 22 aromatic rings. The Morgan fingerprint density at radius 1 is 0.154 bits per heavy atom. The molecule has 0 N–H and O–H groups in total. The number of hydrogen-bond donors (Lipinski definition) is 0. The van der Waals surface area contributed by atoms with Gasteiger partial charge in [0.05, 0.1) is 16.5 Å². The predicted molar refractivity (Wildman–Crippen MR) is 510 cm³/mol. The van der Waals surface area contributed by atoms with Gasteiger partial charge in [0.2, 0.25) is 0 Å². The van der Waals surface area contributed by atoms with Crippen molar-refractivity contribution in [3.8, 4) is 123 Å². The normalized spacial score (nSPS) is 14.7. The number of benzene rings is 21. The van der Waals surface area contributed by atoms with Crippen LogP contribution < -0.4 is 4.90 Å². The maximum absolute atomic E-state index is 5.45. The first kappa shape index (κ1) is 69.0. The second-order valence-electron chi connectivity index (χ2n) is 33.4. The van der Waals surface area contributed by atoms with Gasteiger partial charge in [0.15, 0.2) is 17.5 Å². The first-order valence-corrected chi connectivity index (χ1v) is 42.6. The zero-order valence-corrected chi connectivity index (χ0v) is 66.9. The van der Waals surface area contributed by atoms with Crippen molar-refractivity contribution in [2.45, 2.75) is 10.8 Å². The van der Waals surface area contributed by atoms with Gasteiger partial charge in [-0.25, -0.2) is 15.0 Å². The lowest BCUT2D eigenvalue weighted by Crippen LogP contribution is -2.26. The van der Waals surface area contributed by atoms with Crippen molar-refractivity contribution in [1.82, 2.24) is 15.0 Å². The van der Waals surface area contributed by atoms with Gasteiger partial charge in [-0.15, -0.1) is 0 Å². The Balaban J connectivity index is 0.534. The lowest BCUT2D eigenvalue weighted by Gasteiger charge is -2.32. The first-order chi connectivity index (χ1) is 61.0. The molecule has 123 heavy (non-hydrogen) atoms. The molecule has 4 heteroatoms. The van der Waals surface area contributed by atoms with Gasteiger partial charge in [0.25, 0.3) is 0 Å². The van der Waals surface area contributed by atoms with E-state index < -0.39 is 10.8 Å². The molecular weight excluding hydrogens is 1490 g/mol. The van der Waals surface area contributed by atoms with E-state index in [2.05, 4.69) is 436 Å². The monoisotopic (exact) mass is 1560 g/mol. The van der Waals surface area contributed by atoms with Crippen molar-refractivity contribution in [2.24, 2.45) is 0 Å². The molecule has 0 saturated carbocycles. The van der Waals surface area contributed by atoms with E-state index >= 15 is 0 Å². The van der Waals surface area contributed by atoms with Crippen molar-refractivity contribution in [2.75, 3.05) is 4.90 Å². The Kier molecular flexibility index (Phi) is 15.0. The van der Waals surface area contributed by atoms with E-state index in [-0.39, 0.29) is 0 Å². The van der Waals surface area contributed by atoms with Crippen molar-refractivity contribution >= 4 is 81.7 Å². The summed E-state index contributed by atoms with van der Waals surface area (Å²) in [5.74, 6) is 1.85. The second-order valence-corrected chi connectivity index (χ2v) is 33.4. The number of nitrogens with zero attached hydrogens (tertiary/aromatic N) is 4. The zero-order valence-electron chi connectivity index (χ0n) is 66.9. The van der Waals surface area contributed by atoms with Crippen molar-refractivity contribution in [3.63, 3.8) is 0 Å². The Bertz CT molecular complexity index is 8230. The van der Waals surface area contributed by atoms with Crippen LogP contribution in [0.3, 0.4) is 0 Å². The van der Waals surface area contributed by atoms with Gasteiger partial charge in [-0.05, 0) is 259 Å². The van der Waals surface area contributed by atoms with Crippen LogP contribution >= 0.6 is 0 Å². The molecule has 4 aliphatic carbocycles. The summed E-state index contributed by atoms with van der Waals surface area (Å²) in [6.07, 6.45) is 0. The van der Waals surface area contributed by atoms with Crippen LogP contribution in [0.25, 0.3) is 188 Å². The van der Waals surface area contributed by atoms with Gasteiger partial charge >= 0.3 is 0 Å². The molecule has 0 radical (unpaired) electrons. The minimum absolute atomic E-state index is 0.594. The zero-order chi connectivity index (χ0) is 80.6. The molecular formula is C119H72N4. The summed E-state index contributed by atoms with van der Waals surface area (Å²) in [6, 6.07) is 162. The Labute approximate surface area is 712 Å². The number of hydrogen-bond acceptors (Lipinski definition) is 4. The largest absolute Gasteiger partial charge is 0.310 e. The van der Waals surface area contributed by atoms with Gasteiger partial charge in [-0.3, -0.25) is 0 Å². The highest BCUT2D eigenvalue weighted by Crippen LogP contribution is 2.67. The van der Waals surface area contributed by atoms with E-state index in [1.165, 1.54) is 159 Å². The fraction of sp³-hybridized carbons (Fsp3) is 0.0168. The van der Waals surface area contributed by atoms with E-state index in [1.807, 2.05) is 6.07 Å². The van der Waals surface area contributed by atoms with Crippen LogP contribution in [0.1, 0.15) is 44.5 Å². The Morgan fingerprint density at radius 2 is 0.455 bits per heavy atom. The molecule has 568 valence electrons. The van der Waals surface area contributed by atoms with E-state index in [0.29, 0.717) is 17.5 Å². The van der Waals surface area contributed by atoms with Gasteiger partial charge in [-0.2, -0.15) is 0 Å². The van der Waals surface area contributed by atoms with Gasteiger partial charge in [0.1, 0.15) is 0 Å². The summed E-state index contributed by atoms with van der Waals surface area (Å²) in [4.78, 5) is 18.6. The standard InChI is InChI=1S/C119H72N4/c1-3-26-73(27-4-1)82-32-24-33-85(67-82)123(113-51-25-50-109-114(113)98-45-18-22-49-108(98)118(109)106-47-20-16-43-95(106)103-69-99-90-38-11-7-34-86(90)88-36-9-13-40-92(88)101(99)71-111(103)118)84-63-60-75(61-64-84)74-52-54-76(55-53-74)80-30-23-31-81(66-80)77-56-58-79(59-57-77)116-120-115(78-28-5-2-6-29-78)121-117(122-116)83-62-65-97-94-42-15-19-46-105(94)119(110(97)68-83)107-48-21-17-44-96(107)104-70-100-91-39-12-8-35-87(91)89-37-10-14-41-93(89)102(100)72-112(104)119/h1-72H. The molecule has 0 saturated heterocycles. The lowest BCUT2D eigenvalue weighted by molar-refractivity contribution is 0.795. The maximum Gasteiger partial charge on any atom is 0.164 e. The molecule has 1 aromatic heterocycles. The molecule has 26 rings (SSSR count). The number of anilines is 3.